The summed E-state index contributed by atoms with van der Waals surface area (Å²) in [5.41, 5.74) is 6.26. The molecule has 2 N–H and O–H groups in total. The molecule has 0 heterocycles. The zero-order valence-corrected chi connectivity index (χ0v) is 11.1. The highest BCUT2D eigenvalue weighted by Gasteiger charge is 2.36. The van der Waals surface area contributed by atoms with E-state index in [4.69, 9.17) is 5.73 Å². The molecule has 0 spiro atoms. The van der Waals surface area contributed by atoms with Crippen LogP contribution in [-0.4, -0.2) is 6.04 Å². The van der Waals surface area contributed by atoms with E-state index in [-0.39, 0.29) is 17.0 Å². The molecule has 0 aliphatic heterocycles. The molecule has 0 saturated heterocycles. The number of benzene rings is 1. The minimum absolute atomic E-state index is 0.0673. The Balaban J connectivity index is 2.48. The second kappa shape index (κ2) is 4.67. The van der Waals surface area contributed by atoms with Crippen LogP contribution < -0.4 is 5.73 Å². The van der Waals surface area contributed by atoms with Crippen LogP contribution in [0.25, 0.3) is 5.57 Å². The third-order valence-corrected chi connectivity index (χ3v) is 3.45. The van der Waals surface area contributed by atoms with Crippen molar-refractivity contribution in [1.82, 2.24) is 0 Å². The Morgan fingerprint density at radius 3 is 2.42 bits per heavy atom. The minimum Gasteiger partial charge on any atom is -0.324 e. The number of halogens is 3. The molecular formula is C15H18F3N. The topological polar surface area (TPSA) is 26.0 Å². The summed E-state index contributed by atoms with van der Waals surface area (Å²) in [5.74, 6) is 0. The SMILES string of the molecule is CC1(C)CC(c2ccccc2C(F)(F)F)=CC(N)C1. The fraction of sp³-hybridized carbons (Fsp3) is 0.467. The molecule has 1 nitrogen and oxygen atoms in total. The first-order valence-corrected chi connectivity index (χ1v) is 6.32. The van der Waals surface area contributed by atoms with Gasteiger partial charge in [0.2, 0.25) is 0 Å². The maximum absolute atomic E-state index is 13.0. The molecule has 4 heteroatoms. The van der Waals surface area contributed by atoms with Gasteiger partial charge < -0.3 is 5.73 Å². The number of hydrogen-bond donors (Lipinski definition) is 1. The quantitative estimate of drug-likeness (QED) is 0.811. The van der Waals surface area contributed by atoms with Crippen LogP contribution >= 0.6 is 0 Å². The van der Waals surface area contributed by atoms with Crippen molar-refractivity contribution in [2.24, 2.45) is 11.1 Å². The lowest BCUT2D eigenvalue weighted by Gasteiger charge is -2.34. The van der Waals surface area contributed by atoms with E-state index in [1.54, 1.807) is 12.1 Å². The molecule has 1 atom stereocenters. The first-order valence-electron chi connectivity index (χ1n) is 6.32. The van der Waals surface area contributed by atoms with Crippen molar-refractivity contribution in [1.29, 1.82) is 0 Å². The van der Waals surface area contributed by atoms with Crippen molar-refractivity contribution in [2.75, 3.05) is 0 Å². The average Bonchev–Trinajstić information content (AvgIpc) is 2.25. The molecule has 0 fully saturated rings. The highest BCUT2D eigenvalue weighted by molar-refractivity contribution is 5.70. The smallest absolute Gasteiger partial charge is 0.324 e. The van der Waals surface area contributed by atoms with Crippen LogP contribution in [0.15, 0.2) is 30.3 Å². The average molecular weight is 269 g/mol. The van der Waals surface area contributed by atoms with Crippen LogP contribution in [0.3, 0.4) is 0 Å². The van der Waals surface area contributed by atoms with Gasteiger partial charge in [0, 0.05) is 6.04 Å². The van der Waals surface area contributed by atoms with Crippen LogP contribution in [-0.2, 0) is 6.18 Å². The molecule has 104 valence electrons. The van der Waals surface area contributed by atoms with E-state index in [0.717, 1.165) is 12.5 Å². The number of rotatable bonds is 1. The largest absolute Gasteiger partial charge is 0.416 e. The molecule has 0 aromatic heterocycles. The Morgan fingerprint density at radius 1 is 1.21 bits per heavy atom. The Bertz CT molecular complexity index is 500. The lowest BCUT2D eigenvalue weighted by molar-refractivity contribution is -0.137. The number of alkyl halides is 3. The second-order valence-electron chi connectivity index (χ2n) is 5.94. The lowest BCUT2D eigenvalue weighted by Crippen LogP contribution is -2.31. The molecule has 1 aromatic rings. The molecule has 0 amide bonds. The van der Waals surface area contributed by atoms with Gasteiger partial charge in [-0.05, 0) is 35.5 Å². The predicted octanol–water partition coefficient (Wildman–Crippen LogP) is 4.24. The summed E-state index contributed by atoms with van der Waals surface area (Å²) in [5, 5.41) is 0. The van der Waals surface area contributed by atoms with Gasteiger partial charge in [-0.25, -0.2) is 0 Å². The minimum atomic E-state index is -4.33. The molecule has 0 bridgehead atoms. The predicted molar refractivity (Wildman–Crippen MR) is 70.4 cm³/mol. The van der Waals surface area contributed by atoms with Gasteiger partial charge in [0.1, 0.15) is 0 Å². The van der Waals surface area contributed by atoms with Crippen LogP contribution in [0.4, 0.5) is 13.2 Å². The maximum Gasteiger partial charge on any atom is 0.416 e. The van der Waals surface area contributed by atoms with Gasteiger partial charge in [0.25, 0.3) is 0 Å². The number of hydrogen-bond acceptors (Lipinski definition) is 1. The molecule has 1 aliphatic rings. The van der Waals surface area contributed by atoms with Crippen LogP contribution in [0, 0.1) is 5.41 Å². The summed E-state index contributed by atoms with van der Waals surface area (Å²) < 4.78 is 39.1. The van der Waals surface area contributed by atoms with Gasteiger partial charge in [0.15, 0.2) is 0 Å². The summed E-state index contributed by atoms with van der Waals surface area (Å²) in [7, 11) is 0. The van der Waals surface area contributed by atoms with Crippen LogP contribution in [0.1, 0.15) is 37.8 Å². The zero-order chi connectivity index (χ0) is 14.3. The Kier molecular flexibility index (Phi) is 3.47. The fourth-order valence-electron chi connectivity index (χ4n) is 2.80. The monoisotopic (exact) mass is 269 g/mol. The molecular weight excluding hydrogens is 251 g/mol. The summed E-state index contributed by atoms with van der Waals surface area (Å²) in [4.78, 5) is 0. The van der Waals surface area contributed by atoms with E-state index in [1.807, 2.05) is 13.8 Å². The van der Waals surface area contributed by atoms with E-state index in [1.165, 1.54) is 12.1 Å². The number of nitrogens with two attached hydrogens (primary N) is 1. The lowest BCUT2D eigenvalue weighted by atomic mass is 9.73. The molecule has 1 unspecified atom stereocenters. The summed E-state index contributed by atoms with van der Waals surface area (Å²) in [6.07, 6.45) is -1.14. The molecule has 0 saturated carbocycles. The first kappa shape index (κ1) is 14.1. The van der Waals surface area contributed by atoms with Crippen molar-refractivity contribution in [3.8, 4) is 0 Å². The zero-order valence-electron chi connectivity index (χ0n) is 11.1. The fourth-order valence-corrected chi connectivity index (χ4v) is 2.80. The van der Waals surface area contributed by atoms with Crippen molar-refractivity contribution < 1.29 is 13.2 Å². The Morgan fingerprint density at radius 2 is 1.84 bits per heavy atom. The highest BCUT2D eigenvalue weighted by Crippen LogP contribution is 2.42. The van der Waals surface area contributed by atoms with Crippen molar-refractivity contribution in [3.63, 3.8) is 0 Å². The van der Waals surface area contributed by atoms with Gasteiger partial charge in [0.05, 0.1) is 5.56 Å². The molecule has 19 heavy (non-hydrogen) atoms. The van der Waals surface area contributed by atoms with Crippen LogP contribution in [0.2, 0.25) is 0 Å². The first-order chi connectivity index (χ1) is 8.69. The van der Waals surface area contributed by atoms with Gasteiger partial charge in [-0.1, -0.05) is 38.1 Å². The van der Waals surface area contributed by atoms with Crippen molar-refractivity contribution >= 4 is 5.57 Å². The van der Waals surface area contributed by atoms with E-state index in [0.29, 0.717) is 12.0 Å². The van der Waals surface area contributed by atoms with E-state index in [2.05, 4.69) is 0 Å². The second-order valence-corrected chi connectivity index (χ2v) is 5.94. The third kappa shape index (κ3) is 3.18. The summed E-state index contributed by atoms with van der Waals surface area (Å²) >= 11 is 0. The Hall–Kier alpha value is -1.29. The summed E-state index contributed by atoms with van der Waals surface area (Å²) in [6.45, 7) is 4.08. The number of allylic oxidation sites excluding steroid dienone is 1. The normalized spacial score (nSPS) is 23.1. The maximum atomic E-state index is 13.0. The third-order valence-electron chi connectivity index (χ3n) is 3.45. The Labute approximate surface area is 111 Å². The van der Waals surface area contributed by atoms with Gasteiger partial charge >= 0.3 is 6.18 Å². The van der Waals surface area contributed by atoms with E-state index in [9.17, 15) is 13.2 Å². The van der Waals surface area contributed by atoms with Gasteiger partial charge in [-0.2, -0.15) is 13.2 Å². The van der Waals surface area contributed by atoms with Gasteiger partial charge in [-0.15, -0.1) is 0 Å². The molecule has 1 aromatic carbocycles. The van der Waals surface area contributed by atoms with Crippen LogP contribution in [0.5, 0.6) is 0 Å². The summed E-state index contributed by atoms with van der Waals surface area (Å²) in [6, 6.07) is 5.53. The van der Waals surface area contributed by atoms with Crippen molar-refractivity contribution in [3.05, 3.63) is 41.5 Å². The molecule has 1 aliphatic carbocycles. The van der Waals surface area contributed by atoms with Gasteiger partial charge in [-0.3, -0.25) is 0 Å². The molecule has 2 rings (SSSR count). The standard InChI is InChI=1S/C15H18F3N/c1-14(2)8-10(7-11(19)9-14)12-5-3-4-6-13(12)15(16,17)18/h3-7,11H,8-9,19H2,1-2H3. The van der Waals surface area contributed by atoms with E-state index >= 15 is 0 Å². The highest BCUT2D eigenvalue weighted by atomic mass is 19.4. The van der Waals surface area contributed by atoms with E-state index < -0.39 is 11.7 Å². The molecule has 0 radical (unpaired) electrons. The van der Waals surface area contributed by atoms with Crippen molar-refractivity contribution in [2.45, 2.75) is 38.9 Å².